The smallest absolute Gasteiger partial charge is 0.134 e. The zero-order valence-electron chi connectivity index (χ0n) is 9.92. The summed E-state index contributed by atoms with van der Waals surface area (Å²) in [5.41, 5.74) is 0.0562. The number of nitrogens with zero attached hydrogens (tertiary/aromatic N) is 1. The van der Waals surface area contributed by atoms with E-state index >= 15 is 0 Å². The summed E-state index contributed by atoms with van der Waals surface area (Å²) in [6.07, 6.45) is 1.71. The van der Waals surface area contributed by atoms with E-state index in [0.717, 1.165) is 12.0 Å². The van der Waals surface area contributed by atoms with Crippen molar-refractivity contribution >= 4 is 17.4 Å². The summed E-state index contributed by atoms with van der Waals surface area (Å²) in [7, 11) is 0. The molecular weight excluding hydrogens is 238 g/mol. The van der Waals surface area contributed by atoms with Crippen LogP contribution >= 0.6 is 11.6 Å². The molecular formula is C13H14ClNO2. The number of halogens is 1. The fourth-order valence-corrected chi connectivity index (χ4v) is 4.29. The minimum Gasteiger partial charge on any atom is -0.490 e. The molecule has 0 N–H and O–H groups in total. The first-order valence-corrected chi connectivity index (χ1v) is 6.33. The summed E-state index contributed by atoms with van der Waals surface area (Å²) in [6.45, 7) is 3.57. The van der Waals surface area contributed by atoms with Gasteiger partial charge in [0, 0.05) is 18.8 Å². The molecule has 4 heteroatoms. The molecule has 0 amide bonds. The molecule has 90 valence electrons. The minimum atomic E-state index is -0.496. The Morgan fingerprint density at radius 1 is 1.71 bits per heavy atom. The second-order valence-electron chi connectivity index (χ2n) is 5.72. The minimum absolute atomic E-state index is 0.0635. The van der Waals surface area contributed by atoms with Crippen LogP contribution in [-0.4, -0.2) is 16.8 Å². The van der Waals surface area contributed by atoms with Gasteiger partial charge in [0.25, 0.3) is 0 Å². The third kappa shape index (κ3) is 1.20. The highest BCUT2D eigenvalue weighted by Crippen LogP contribution is 2.66. The van der Waals surface area contributed by atoms with Gasteiger partial charge in [-0.25, -0.2) is 0 Å². The predicted molar refractivity (Wildman–Crippen MR) is 62.2 cm³/mol. The number of alkyl halides is 1. The SMILES string of the molecule is CC(=O)CC1=C2OC3(C)CC1(C#N)CC3[C@@H]2Cl. The number of allylic oxidation sites excluding steroid dienone is 2. The van der Waals surface area contributed by atoms with Crippen LogP contribution in [0.4, 0.5) is 0 Å². The predicted octanol–water partition coefficient (Wildman–Crippen LogP) is 2.55. The van der Waals surface area contributed by atoms with Crippen molar-refractivity contribution in [1.82, 2.24) is 0 Å². The van der Waals surface area contributed by atoms with Crippen molar-refractivity contribution in [2.24, 2.45) is 11.3 Å². The number of hydrogen-bond acceptors (Lipinski definition) is 3. The maximum Gasteiger partial charge on any atom is 0.134 e. The average Bonchev–Trinajstić information content (AvgIpc) is 2.61. The van der Waals surface area contributed by atoms with Gasteiger partial charge in [-0.3, -0.25) is 4.79 Å². The molecule has 2 aliphatic heterocycles. The lowest BCUT2D eigenvalue weighted by Gasteiger charge is -2.35. The molecule has 4 aliphatic rings. The lowest BCUT2D eigenvalue weighted by Crippen LogP contribution is -2.32. The summed E-state index contributed by atoms with van der Waals surface area (Å²) >= 11 is 6.38. The van der Waals surface area contributed by atoms with E-state index in [4.69, 9.17) is 16.3 Å². The lowest BCUT2D eigenvalue weighted by atomic mass is 9.72. The van der Waals surface area contributed by atoms with E-state index < -0.39 is 5.41 Å². The van der Waals surface area contributed by atoms with Crippen LogP contribution in [-0.2, 0) is 9.53 Å². The fraction of sp³-hybridized carbons (Fsp3) is 0.692. The molecule has 2 aliphatic carbocycles. The van der Waals surface area contributed by atoms with Gasteiger partial charge in [-0.2, -0.15) is 5.26 Å². The van der Waals surface area contributed by atoms with Gasteiger partial charge in [-0.05, 0) is 25.8 Å². The summed E-state index contributed by atoms with van der Waals surface area (Å²) in [4.78, 5) is 11.4. The highest BCUT2D eigenvalue weighted by molar-refractivity contribution is 6.23. The van der Waals surface area contributed by atoms with E-state index in [-0.39, 0.29) is 22.7 Å². The Kier molecular flexibility index (Phi) is 1.99. The summed E-state index contributed by atoms with van der Waals surface area (Å²) < 4.78 is 5.94. The molecule has 3 unspecified atom stereocenters. The van der Waals surface area contributed by atoms with E-state index in [1.165, 1.54) is 0 Å². The number of carbonyl (C=O) groups excluding carboxylic acids is 1. The van der Waals surface area contributed by atoms with Crippen molar-refractivity contribution in [2.45, 2.75) is 44.1 Å². The normalized spacial score (nSPS) is 46.0. The largest absolute Gasteiger partial charge is 0.490 e. The molecule has 17 heavy (non-hydrogen) atoms. The van der Waals surface area contributed by atoms with Gasteiger partial charge in [-0.15, -0.1) is 11.6 Å². The second-order valence-corrected chi connectivity index (χ2v) is 6.19. The molecule has 2 heterocycles. The van der Waals surface area contributed by atoms with Gasteiger partial charge in [-0.1, -0.05) is 0 Å². The van der Waals surface area contributed by atoms with Crippen LogP contribution in [0.5, 0.6) is 0 Å². The van der Waals surface area contributed by atoms with Gasteiger partial charge in [0.2, 0.25) is 0 Å². The Bertz CT molecular complexity index is 492. The van der Waals surface area contributed by atoms with E-state index in [0.29, 0.717) is 18.6 Å². The van der Waals surface area contributed by atoms with Crippen molar-refractivity contribution in [2.75, 3.05) is 0 Å². The highest BCUT2D eigenvalue weighted by atomic mass is 35.5. The van der Waals surface area contributed by atoms with Gasteiger partial charge in [0.05, 0.1) is 16.9 Å². The van der Waals surface area contributed by atoms with Crippen LogP contribution < -0.4 is 0 Å². The molecule has 4 rings (SSSR count). The number of Topliss-reactive ketones (excluding diaryl/α,β-unsaturated/α-hetero) is 1. The Hall–Kier alpha value is -1.01. The van der Waals surface area contributed by atoms with Crippen molar-refractivity contribution in [3.8, 4) is 6.07 Å². The van der Waals surface area contributed by atoms with Crippen LogP contribution in [0.2, 0.25) is 0 Å². The molecule has 0 aromatic carbocycles. The number of nitriles is 1. The number of ether oxygens (including phenoxy) is 1. The quantitative estimate of drug-likeness (QED) is 0.709. The van der Waals surface area contributed by atoms with Crippen molar-refractivity contribution in [1.29, 1.82) is 5.26 Å². The van der Waals surface area contributed by atoms with Gasteiger partial charge in [0.1, 0.15) is 17.1 Å². The third-order valence-corrected chi connectivity index (χ3v) is 4.97. The zero-order valence-corrected chi connectivity index (χ0v) is 10.7. The first-order valence-electron chi connectivity index (χ1n) is 5.89. The molecule has 0 radical (unpaired) electrons. The molecule has 0 aromatic heterocycles. The van der Waals surface area contributed by atoms with E-state index in [1.54, 1.807) is 6.92 Å². The Labute approximate surface area is 105 Å². The molecule has 3 nitrogen and oxygen atoms in total. The lowest BCUT2D eigenvalue weighted by molar-refractivity contribution is -0.116. The molecule has 1 saturated carbocycles. The first-order chi connectivity index (χ1) is 7.92. The first kappa shape index (κ1) is 11.1. The molecule has 0 aromatic rings. The second kappa shape index (κ2) is 3.05. The van der Waals surface area contributed by atoms with Crippen molar-refractivity contribution in [3.63, 3.8) is 0 Å². The number of rotatable bonds is 2. The van der Waals surface area contributed by atoms with E-state index in [1.807, 2.05) is 6.92 Å². The van der Waals surface area contributed by atoms with Crippen LogP contribution in [0, 0.1) is 22.7 Å². The summed E-state index contributed by atoms with van der Waals surface area (Å²) in [5.74, 6) is 0.997. The number of carbonyl (C=O) groups is 1. The topological polar surface area (TPSA) is 50.1 Å². The monoisotopic (exact) mass is 251 g/mol. The van der Waals surface area contributed by atoms with Crippen LogP contribution in [0.15, 0.2) is 11.3 Å². The van der Waals surface area contributed by atoms with E-state index in [2.05, 4.69) is 6.07 Å². The van der Waals surface area contributed by atoms with Crippen molar-refractivity contribution in [3.05, 3.63) is 11.3 Å². The van der Waals surface area contributed by atoms with Crippen LogP contribution in [0.1, 0.15) is 33.1 Å². The summed E-state index contributed by atoms with van der Waals surface area (Å²) in [6, 6.07) is 2.42. The number of hydrogen-bond donors (Lipinski definition) is 0. The maximum atomic E-state index is 11.4. The Balaban J connectivity index is 2.15. The van der Waals surface area contributed by atoms with Gasteiger partial charge in [0.15, 0.2) is 0 Å². The average molecular weight is 252 g/mol. The molecule has 1 saturated heterocycles. The Morgan fingerprint density at radius 2 is 2.41 bits per heavy atom. The molecule has 0 spiro atoms. The molecule has 4 bridgehead atoms. The van der Waals surface area contributed by atoms with Crippen molar-refractivity contribution < 1.29 is 9.53 Å². The zero-order chi connectivity index (χ0) is 12.4. The highest BCUT2D eigenvalue weighted by Gasteiger charge is 2.67. The maximum absolute atomic E-state index is 11.4. The number of ketones is 1. The van der Waals surface area contributed by atoms with Gasteiger partial charge >= 0.3 is 0 Å². The Morgan fingerprint density at radius 3 is 2.94 bits per heavy atom. The molecule has 2 fully saturated rings. The van der Waals surface area contributed by atoms with E-state index in [9.17, 15) is 10.1 Å². The van der Waals surface area contributed by atoms with Crippen LogP contribution in [0.25, 0.3) is 0 Å². The third-order valence-electron chi connectivity index (χ3n) is 4.47. The van der Waals surface area contributed by atoms with Crippen LogP contribution in [0.3, 0.4) is 0 Å². The van der Waals surface area contributed by atoms with Gasteiger partial charge < -0.3 is 4.74 Å². The standard InChI is InChI=1S/C13H14ClNO2/c1-7(16)3-8-11-10(14)9-4-13(8,6-15)5-12(9,2)17-11/h9-10H,3-5H2,1-2H3/t9?,10-,12?,13?/m0/s1. The molecule has 4 atom stereocenters. The summed E-state index contributed by atoms with van der Waals surface area (Å²) in [5, 5.41) is 9.34. The fourth-order valence-electron chi connectivity index (χ4n) is 3.76.